The number of nitrogens with zero attached hydrogens (tertiary/aromatic N) is 3. The van der Waals surface area contributed by atoms with Gasteiger partial charge in [0.15, 0.2) is 0 Å². The van der Waals surface area contributed by atoms with Crippen LogP contribution in [0.4, 0.5) is 17.1 Å². The molecular formula is C7H8N4O5. The molecule has 0 saturated heterocycles. The maximum absolute atomic E-state index is 10.5. The van der Waals surface area contributed by atoms with E-state index in [0.717, 1.165) is 18.2 Å². The molecule has 0 heterocycles. The van der Waals surface area contributed by atoms with E-state index >= 15 is 0 Å². The first-order valence-corrected chi connectivity index (χ1v) is 3.98. The molecule has 0 radical (unpaired) electrons. The Bertz CT molecular complexity index is 403. The number of hydrogen-bond donors (Lipinski definition) is 1. The van der Waals surface area contributed by atoms with Gasteiger partial charge in [-0.3, -0.25) is 25.1 Å². The summed E-state index contributed by atoms with van der Waals surface area (Å²) in [5, 5.41) is 21.7. The van der Waals surface area contributed by atoms with Gasteiger partial charge in [-0.25, -0.2) is 5.84 Å². The number of nitro groups is 2. The van der Waals surface area contributed by atoms with E-state index in [1.54, 1.807) is 0 Å². The number of rotatable bonds is 4. The summed E-state index contributed by atoms with van der Waals surface area (Å²) in [4.78, 5) is 24.1. The largest absolute Gasteiger partial charge is 0.278 e. The Labute approximate surface area is 89.2 Å². The van der Waals surface area contributed by atoms with Crippen LogP contribution in [0.15, 0.2) is 18.2 Å². The van der Waals surface area contributed by atoms with Crippen LogP contribution in [0.1, 0.15) is 0 Å². The molecule has 0 atom stereocenters. The molecule has 9 heteroatoms. The molecule has 0 unspecified atom stereocenters. The number of non-ortho nitro benzene ring substituents is 2. The summed E-state index contributed by atoms with van der Waals surface area (Å²) in [5.41, 5.74) is -0.850. The van der Waals surface area contributed by atoms with Crippen LogP contribution >= 0.6 is 0 Å². The summed E-state index contributed by atoms with van der Waals surface area (Å²) in [5.74, 6) is 5.30. The number of anilines is 1. The summed E-state index contributed by atoms with van der Waals surface area (Å²) in [6, 6.07) is 2.97. The van der Waals surface area contributed by atoms with Gasteiger partial charge in [0.1, 0.15) is 0 Å². The smallest absolute Gasteiger partial charge is 0.261 e. The second kappa shape index (κ2) is 4.51. The monoisotopic (exact) mass is 228 g/mol. The predicted molar refractivity (Wildman–Crippen MR) is 53.4 cm³/mol. The third-order valence-electron chi connectivity index (χ3n) is 1.76. The SMILES string of the molecule is CON(N)c1cc([N+](=O)[O-])cc([N+](=O)[O-])c1. The fourth-order valence-corrected chi connectivity index (χ4v) is 1.02. The number of nitro benzene ring substituents is 2. The molecule has 86 valence electrons. The lowest BCUT2D eigenvalue weighted by Crippen LogP contribution is -2.29. The average molecular weight is 228 g/mol. The summed E-state index contributed by atoms with van der Waals surface area (Å²) in [6.45, 7) is 0. The van der Waals surface area contributed by atoms with Crippen LogP contribution in [0.3, 0.4) is 0 Å². The lowest BCUT2D eigenvalue weighted by atomic mass is 10.2. The van der Waals surface area contributed by atoms with Crippen molar-refractivity contribution in [2.24, 2.45) is 5.84 Å². The third-order valence-corrected chi connectivity index (χ3v) is 1.76. The van der Waals surface area contributed by atoms with E-state index in [2.05, 4.69) is 4.84 Å². The van der Waals surface area contributed by atoms with Crippen molar-refractivity contribution >= 4 is 17.1 Å². The van der Waals surface area contributed by atoms with E-state index in [9.17, 15) is 20.2 Å². The fraction of sp³-hybridized carbons (Fsp3) is 0.143. The minimum Gasteiger partial charge on any atom is -0.261 e. The molecule has 1 aromatic rings. The molecule has 9 nitrogen and oxygen atoms in total. The normalized spacial score (nSPS) is 9.88. The van der Waals surface area contributed by atoms with Gasteiger partial charge >= 0.3 is 0 Å². The van der Waals surface area contributed by atoms with E-state index < -0.39 is 21.2 Å². The summed E-state index contributed by atoms with van der Waals surface area (Å²) in [6.07, 6.45) is 0. The average Bonchev–Trinajstić information content (AvgIpc) is 2.27. The number of hydrazine groups is 1. The lowest BCUT2D eigenvalue weighted by Gasteiger charge is -2.13. The molecule has 0 fully saturated rings. The number of nitrogens with two attached hydrogens (primary N) is 1. The van der Waals surface area contributed by atoms with Crippen molar-refractivity contribution in [3.05, 3.63) is 38.4 Å². The molecule has 1 rings (SSSR count). The van der Waals surface area contributed by atoms with Crippen LogP contribution < -0.4 is 11.0 Å². The van der Waals surface area contributed by atoms with Crippen LogP contribution in [0.2, 0.25) is 0 Å². The van der Waals surface area contributed by atoms with Gasteiger partial charge in [0.05, 0.1) is 28.7 Å². The zero-order chi connectivity index (χ0) is 12.3. The lowest BCUT2D eigenvalue weighted by molar-refractivity contribution is -0.394. The Hall–Kier alpha value is -2.26. The van der Waals surface area contributed by atoms with Crippen molar-refractivity contribution in [1.82, 2.24) is 0 Å². The minimum atomic E-state index is -0.750. The maximum Gasteiger partial charge on any atom is 0.278 e. The van der Waals surface area contributed by atoms with Gasteiger partial charge in [-0.1, -0.05) is 0 Å². The Morgan fingerprint density at radius 3 is 1.94 bits per heavy atom. The Morgan fingerprint density at radius 2 is 1.62 bits per heavy atom. The van der Waals surface area contributed by atoms with E-state index in [4.69, 9.17) is 5.84 Å². The van der Waals surface area contributed by atoms with E-state index in [1.807, 2.05) is 0 Å². The molecule has 0 aliphatic heterocycles. The van der Waals surface area contributed by atoms with Gasteiger partial charge in [-0.2, -0.15) is 5.17 Å². The van der Waals surface area contributed by atoms with Gasteiger partial charge in [-0.05, 0) is 0 Å². The van der Waals surface area contributed by atoms with Gasteiger partial charge < -0.3 is 0 Å². The van der Waals surface area contributed by atoms with Crippen LogP contribution in [-0.2, 0) is 4.84 Å². The molecular weight excluding hydrogens is 220 g/mol. The van der Waals surface area contributed by atoms with Crippen molar-refractivity contribution in [1.29, 1.82) is 0 Å². The molecule has 1 aromatic carbocycles. The van der Waals surface area contributed by atoms with E-state index in [-0.39, 0.29) is 5.69 Å². The Kier molecular flexibility index (Phi) is 3.33. The third kappa shape index (κ3) is 2.40. The highest BCUT2D eigenvalue weighted by Crippen LogP contribution is 2.27. The molecule has 0 aromatic heterocycles. The molecule has 16 heavy (non-hydrogen) atoms. The Morgan fingerprint density at radius 1 is 1.19 bits per heavy atom. The number of hydrogen-bond acceptors (Lipinski definition) is 7. The quantitative estimate of drug-likeness (QED) is 0.457. The molecule has 0 bridgehead atoms. The van der Waals surface area contributed by atoms with Gasteiger partial charge in [0.25, 0.3) is 11.4 Å². The van der Waals surface area contributed by atoms with Gasteiger partial charge in [-0.15, -0.1) is 0 Å². The van der Waals surface area contributed by atoms with Crippen molar-refractivity contribution in [3.8, 4) is 0 Å². The number of benzene rings is 1. The Balaban J connectivity index is 3.29. The minimum absolute atomic E-state index is 0.0170. The molecule has 0 aliphatic rings. The first-order chi connectivity index (χ1) is 7.45. The van der Waals surface area contributed by atoms with Crippen LogP contribution in [0, 0.1) is 20.2 Å². The van der Waals surface area contributed by atoms with Crippen molar-refractivity contribution in [2.75, 3.05) is 12.3 Å². The summed E-state index contributed by atoms with van der Waals surface area (Å²) < 4.78 is 0. The second-order valence-electron chi connectivity index (χ2n) is 2.73. The predicted octanol–water partition coefficient (Wildman–Crippen LogP) is 0.744. The molecule has 0 spiro atoms. The highest BCUT2D eigenvalue weighted by molar-refractivity contribution is 5.58. The maximum atomic E-state index is 10.5. The van der Waals surface area contributed by atoms with Crippen LogP contribution in [0.25, 0.3) is 0 Å². The molecule has 0 amide bonds. The summed E-state index contributed by atoms with van der Waals surface area (Å²) in [7, 11) is 1.23. The zero-order valence-corrected chi connectivity index (χ0v) is 8.19. The molecule has 0 aliphatic carbocycles. The van der Waals surface area contributed by atoms with Gasteiger partial charge in [0, 0.05) is 12.1 Å². The standard InChI is InChI=1S/C7H8N4O5/c1-16-9(8)5-2-6(10(12)13)4-7(3-5)11(14)15/h2-4H,8H2,1H3. The van der Waals surface area contributed by atoms with Crippen molar-refractivity contribution in [2.45, 2.75) is 0 Å². The molecule has 0 saturated carbocycles. The van der Waals surface area contributed by atoms with Crippen LogP contribution in [-0.4, -0.2) is 17.0 Å². The fourth-order valence-electron chi connectivity index (χ4n) is 1.02. The van der Waals surface area contributed by atoms with Crippen molar-refractivity contribution in [3.63, 3.8) is 0 Å². The zero-order valence-electron chi connectivity index (χ0n) is 8.19. The highest BCUT2D eigenvalue weighted by Gasteiger charge is 2.18. The topological polar surface area (TPSA) is 125 Å². The van der Waals surface area contributed by atoms with Gasteiger partial charge in [0.2, 0.25) is 0 Å². The first-order valence-electron chi connectivity index (χ1n) is 3.98. The van der Waals surface area contributed by atoms with Crippen molar-refractivity contribution < 1.29 is 14.7 Å². The van der Waals surface area contributed by atoms with E-state index in [1.165, 1.54) is 7.11 Å². The first kappa shape index (κ1) is 11.8. The second-order valence-corrected chi connectivity index (χ2v) is 2.73. The van der Waals surface area contributed by atoms with Crippen LogP contribution in [0.5, 0.6) is 0 Å². The highest BCUT2D eigenvalue weighted by atomic mass is 16.7. The molecule has 2 N–H and O–H groups in total. The summed E-state index contributed by atoms with van der Waals surface area (Å²) >= 11 is 0. The van der Waals surface area contributed by atoms with E-state index in [0.29, 0.717) is 5.17 Å².